The minimum absolute atomic E-state index is 0.571. The van der Waals surface area contributed by atoms with Crippen molar-refractivity contribution in [3.05, 3.63) is 200 Å². The fourth-order valence-corrected chi connectivity index (χ4v) is 8.30. The van der Waals surface area contributed by atoms with Crippen LogP contribution in [-0.4, -0.2) is 14.5 Å². The topological polar surface area (TPSA) is 51.6 Å². The Morgan fingerprint density at radius 1 is 0.464 bits per heavy atom. The summed E-state index contributed by atoms with van der Waals surface area (Å²) in [5.41, 5.74) is 13.7. The Balaban J connectivity index is 1.05. The van der Waals surface area contributed by atoms with Crippen molar-refractivity contribution < 1.29 is 4.68 Å². The zero-order valence-electron chi connectivity index (χ0n) is 30.5. The second kappa shape index (κ2) is 13.1. The molecule has 0 aliphatic rings. The summed E-state index contributed by atoms with van der Waals surface area (Å²) in [6.07, 6.45) is 0. The molecule has 0 unspecified atom stereocenters. The van der Waals surface area contributed by atoms with Crippen LogP contribution in [0.3, 0.4) is 0 Å². The molecular formula is C51H35N5. The van der Waals surface area contributed by atoms with Crippen molar-refractivity contribution in [2.75, 3.05) is 0 Å². The Bertz CT molecular complexity index is 3210. The molecule has 11 aromatic rings. The Morgan fingerprint density at radius 2 is 1.07 bits per heavy atom. The van der Waals surface area contributed by atoms with Crippen LogP contribution in [0.25, 0.3) is 94.3 Å². The molecule has 0 saturated heterocycles. The first kappa shape index (κ1) is 32.0. The first-order valence-electron chi connectivity index (χ1n) is 19.0. The largest absolute Gasteiger partial charge is 0.397 e. The molecule has 3 heterocycles. The van der Waals surface area contributed by atoms with E-state index in [0.717, 1.165) is 56.2 Å². The normalized spacial score (nSPS) is 11.6. The summed E-state index contributed by atoms with van der Waals surface area (Å²) in [6, 6.07) is 69.1. The number of nitrogens with zero attached hydrogens (tertiary/aromatic N) is 4. The lowest BCUT2D eigenvalue weighted by Gasteiger charge is -2.16. The number of hydrogen-bond donors (Lipinski definition) is 1. The Hall–Kier alpha value is -7.50. The molecule has 0 fully saturated rings. The molecule has 3 aromatic heterocycles. The Morgan fingerprint density at radius 3 is 1.86 bits per heavy atom. The van der Waals surface area contributed by atoms with Crippen LogP contribution in [0.1, 0.15) is 5.56 Å². The summed E-state index contributed by atoms with van der Waals surface area (Å²) < 4.78 is 4.47. The Labute approximate surface area is 323 Å². The average molecular weight is 718 g/mol. The third kappa shape index (κ3) is 5.40. The van der Waals surface area contributed by atoms with E-state index in [1.54, 1.807) is 0 Å². The number of H-pyrrole nitrogens is 1. The molecule has 1 N–H and O–H groups in total. The number of benzene rings is 8. The quantitative estimate of drug-likeness (QED) is 0.167. The molecule has 0 aliphatic carbocycles. The lowest BCUT2D eigenvalue weighted by atomic mass is 10.00. The van der Waals surface area contributed by atoms with Gasteiger partial charge in [0.2, 0.25) is 0 Å². The van der Waals surface area contributed by atoms with Crippen molar-refractivity contribution in [3.8, 4) is 50.7 Å². The van der Waals surface area contributed by atoms with Gasteiger partial charge < -0.3 is 14.5 Å². The maximum Gasteiger partial charge on any atom is 0.126 e. The van der Waals surface area contributed by atoms with Gasteiger partial charge in [-0.1, -0.05) is 146 Å². The minimum atomic E-state index is 0.571. The molecule has 0 aliphatic heterocycles. The molecule has 0 bridgehead atoms. The number of aromatic amines is 1. The van der Waals surface area contributed by atoms with E-state index < -0.39 is 0 Å². The molecule has 8 aromatic carbocycles. The van der Waals surface area contributed by atoms with E-state index in [4.69, 9.17) is 10.1 Å². The van der Waals surface area contributed by atoms with Crippen LogP contribution < -0.4 is 9.78 Å². The lowest BCUT2D eigenvalue weighted by molar-refractivity contribution is -0.737. The highest BCUT2D eigenvalue weighted by Gasteiger charge is 2.18. The SMILES string of the molecule is c1ccc(-c2nc(-c3ccccc3)[n+](Cc3ccc(-n4c5ccccc5c5cc(-c6ccc7[nH]c8ccccc8c7c6)ccc54)c(-c4ccccc4)c3)[n-]2)cc1. The zero-order chi connectivity index (χ0) is 37.0. The number of hydrogen-bond acceptors (Lipinski definition) is 1. The van der Waals surface area contributed by atoms with Gasteiger partial charge in [0.25, 0.3) is 0 Å². The summed E-state index contributed by atoms with van der Waals surface area (Å²) >= 11 is 0. The van der Waals surface area contributed by atoms with Crippen molar-refractivity contribution in [3.63, 3.8) is 0 Å². The van der Waals surface area contributed by atoms with Crippen molar-refractivity contribution in [1.29, 1.82) is 0 Å². The molecule has 0 radical (unpaired) electrons. The van der Waals surface area contributed by atoms with Gasteiger partial charge in [-0.25, -0.2) is 0 Å². The Kier molecular flexibility index (Phi) is 7.49. The molecule has 0 spiro atoms. The van der Waals surface area contributed by atoms with E-state index in [0.29, 0.717) is 6.54 Å². The predicted octanol–water partition coefficient (Wildman–Crippen LogP) is 11.8. The van der Waals surface area contributed by atoms with Crippen molar-refractivity contribution in [2.45, 2.75) is 6.54 Å². The molecular weight excluding hydrogens is 683 g/mol. The zero-order valence-corrected chi connectivity index (χ0v) is 30.5. The van der Waals surface area contributed by atoms with Gasteiger partial charge >= 0.3 is 0 Å². The summed E-state index contributed by atoms with van der Waals surface area (Å²) in [5, 5.41) is 10.0. The van der Waals surface area contributed by atoms with Gasteiger partial charge in [-0.3, -0.25) is 9.78 Å². The van der Waals surface area contributed by atoms with Crippen molar-refractivity contribution in [2.24, 2.45) is 0 Å². The average Bonchev–Trinajstić information content (AvgIpc) is 3.96. The van der Waals surface area contributed by atoms with Crippen LogP contribution in [0.2, 0.25) is 0 Å². The molecule has 264 valence electrons. The molecule has 5 nitrogen and oxygen atoms in total. The maximum absolute atomic E-state index is 5.07. The van der Waals surface area contributed by atoms with Gasteiger partial charge in [-0.2, -0.15) is 0 Å². The summed E-state index contributed by atoms with van der Waals surface area (Å²) in [7, 11) is 0. The molecule has 0 amide bonds. The van der Waals surface area contributed by atoms with E-state index in [2.05, 4.69) is 179 Å². The van der Waals surface area contributed by atoms with E-state index in [-0.39, 0.29) is 0 Å². The van der Waals surface area contributed by atoms with Gasteiger partial charge in [0.15, 0.2) is 0 Å². The third-order valence-corrected chi connectivity index (χ3v) is 11.0. The molecule has 5 heteroatoms. The summed E-state index contributed by atoms with van der Waals surface area (Å²) in [5.74, 6) is 1.56. The van der Waals surface area contributed by atoms with Crippen LogP contribution in [0.15, 0.2) is 194 Å². The lowest BCUT2D eigenvalue weighted by Crippen LogP contribution is -2.40. The van der Waals surface area contributed by atoms with Crippen LogP contribution >= 0.6 is 0 Å². The van der Waals surface area contributed by atoms with Crippen molar-refractivity contribution >= 4 is 43.6 Å². The molecule has 0 atom stereocenters. The number of rotatable bonds is 7. The highest BCUT2D eigenvalue weighted by molar-refractivity contribution is 6.12. The van der Waals surface area contributed by atoms with Crippen LogP contribution in [-0.2, 0) is 6.54 Å². The molecule has 11 rings (SSSR count). The van der Waals surface area contributed by atoms with Gasteiger partial charge in [-0.05, 0) is 82.2 Å². The van der Waals surface area contributed by atoms with Crippen LogP contribution in [0, 0.1) is 0 Å². The van der Waals surface area contributed by atoms with E-state index >= 15 is 0 Å². The first-order chi connectivity index (χ1) is 27.7. The summed E-state index contributed by atoms with van der Waals surface area (Å²) in [6.45, 7) is 0.571. The highest BCUT2D eigenvalue weighted by Crippen LogP contribution is 2.39. The van der Waals surface area contributed by atoms with Gasteiger partial charge in [-0.15, -0.1) is 0 Å². The monoisotopic (exact) mass is 717 g/mol. The molecule has 56 heavy (non-hydrogen) atoms. The number of nitrogens with one attached hydrogen (secondary N) is 1. The third-order valence-electron chi connectivity index (χ3n) is 11.0. The fourth-order valence-electron chi connectivity index (χ4n) is 8.30. The smallest absolute Gasteiger partial charge is 0.126 e. The second-order valence-corrected chi connectivity index (χ2v) is 14.4. The minimum Gasteiger partial charge on any atom is -0.397 e. The number of aromatic nitrogens is 5. The number of fused-ring (bicyclic) bond motifs is 6. The standard InChI is InChI=1S/C51H35N5/c1-4-14-35(15-5-1)42-30-34(33-55-51(37-18-8-3-9-19-37)53-50(54-55)36-16-6-2-7-17-36)24-28-48(42)56-47-23-13-11-21-41(47)44-32-39(26-29-49(44)56)38-25-27-46-43(31-38)40-20-10-12-22-45(40)52-46/h1-32,52H,33H2. The van der Waals surface area contributed by atoms with Crippen molar-refractivity contribution in [1.82, 2.24) is 19.6 Å². The highest BCUT2D eigenvalue weighted by atomic mass is 15.3. The van der Waals surface area contributed by atoms with E-state index in [9.17, 15) is 0 Å². The second-order valence-electron chi connectivity index (χ2n) is 14.4. The van der Waals surface area contributed by atoms with Gasteiger partial charge in [0.1, 0.15) is 12.4 Å². The maximum atomic E-state index is 5.07. The van der Waals surface area contributed by atoms with Gasteiger partial charge in [0, 0.05) is 43.7 Å². The van der Waals surface area contributed by atoms with Crippen LogP contribution in [0.5, 0.6) is 0 Å². The predicted molar refractivity (Wildman–Crippen MR) is 229 cm³/mol. The molecule has 0 saturated carbocycles. The van der Waals surface area contributed by atoms with E-state index in [1.165, 1.54) is 43.7 Å². The fraction of sp³-hybridized carbons (Fsp3) is 0.0196. The first-order valence-corrected chi connectivity index (χ1v) is 19.0. The summed E-state index contributed by atoms with van der Waals surface area (Å²) in [4.78, 5) is 8.63. The van der Waals surface area contributed by atoms with E-state index in [1.807, 2.05) is 28.9 Å². The number of para-hydroxylation sites is 2. The van der Waals surface area contributed by atoms with Crippen LogP contribution in [0.4, 0.5) is 0 Å². The van der Waals surface area contributed by atoms with Gasteiger partial charge in [0.05, 0.1) is 16.7 Å².